The Morgan fingerprint density at radius 2 is 1.95 bits per heavy atom. The van der Waals surface area contributed by atoms with E-state index in [1.54, 1.807) is 7.05 Å². The Balaban J connectivity index is 0. The Morgan fingerprint density at radius 1 is 1.30 bits per heavy atom. The second-order valence-corrected chi connectivity index (χ2v) is 4.40. The van der Waals surface area contributed by atoms with Gasteiger partial charge in [0.15, 0.2) is 5.96 Å². The fourth-order valence-electron chi connectivity index (χ4n) is 1.61. The Morgan fingerprint density at radius 3 is 2.45 bits per heavy atom. The molecule has 0 atom stereocenters. The summed E-state index contributed by atoms with van der Waals surface area (Å²) in [4.78, 5) is 6.06. The highest BCUT2D eigenvalue weighted by Crippen LogP contribution is 2.21. The zero-order valence-corrected chi connectivity index (χ0v) is 14.5. The second kappa shape index (κ2) is 12.3. The van der Waals surface area contributed by atoms with E-state index in [2.05, 4.69) is 16.9 Å². The number of rotatable bonds is 8. The van der Waals surface area contributed by atoms with Gasteiger partial charge in [0.05, 0.1) is 0 Å². The molecule has 0 saturated carbocycles. The zero-order valence-electron chi connectivity index (χ0n) is 12.2. The highest BCUT2D eigenvalue weighted by molar-refractivity contribution is 14.0. The molecule has 3 nitrogen and oxygen atoms in total. The number of halogens is 4. The summed E-state index contributed by atoms with van der Waals surface area (Å²) in [5, 5.41) is 3.07. The molecule has 1 N–H and O–H groups in total. The lowest BCUT2D eigenvalue weighted by atomic mass is 10.2. The number of hydrogen-bond acceptors (Lipinski definition) is 1. The van der Waals surface area contributed by atoms with Crippen LogP contribution in [-0.4, -0.2) is 44.2 Å². The number of guanidine groups is 1. The Kier molecular flexibility index (Phi) is 13.4. The van der Waals surface area contributed by atoms with E-state index >= 15 is 0 Å². The van der Waals surface area contributed by atoms with Gasteiger partial charge in [-0.3, -0.25) is 4.99 Å². The van der Waals surface area contributed by atoms with Crippen molar-refractivity contribution in [3.63, 3.8) is 0 Å². The van der Waals surface area contributed by atoms with Crippen LogP contribution in [0, 0.1) is 0 Å². The lowest BCUT2D eigenvalue weighted by Crippen LogP contribution is -2.39. The first-order valence-corrected chi connectivity index (χ1v) is 6.50. The molecule has 0 aliphatic rings. The molecule has 0 aromatic heterocycles. The van der Waals surface area contributed by atoms with Crippen LogP contribution in [0.2, 0.25) is 0 Å². The van der Waals surface area contributed by atoms with E-state index in [-0.39, 0.29) is 30.4 Å². The van der Waals surface area contributed by atoms with E-state index in [4.69, 9.17) is 0 Å². The fourth-order valence-corrected chi connectivity index (χ4v) is 1.61. The summed E-state index contributed by atoms with van der Waals surface area (Å²) in [6.45, 7) is 5.01. The van der Waals surface area contributed by atoms with Crippen LogP contribution in [0.1, 0.15) is 32.1 Å². The molecule has 0 aromatic rings. The highest BCUT2D eigenvalue weighted by atomic mass is 127. The molecule has 20 heavy (non-hydrogen) atoms. The molecule has 0 aliphatic heterocycles. The standard InChI is InChI=1S/C13H24F3N3.HI/c1-4-5-8-11-19(3)12(17-2)18-10-7-6-9-13(14,15)16;/h4H,1,5-11H2,2-3H3,(H,17,18);1H. The van der Waals surface area contributed by atoms with Crippen molar-refractivity contribution in [1.29, 1.82) is 0 Å². The first kappa shape index (κ1) is 21.8. The zero-order chi connectivity index (χ0) is 14.7. The SMILES string of the molecule is C=CCCCN(C)C(=NC)NCCCCC(F)(F)F.I. The quantitative estimate of drug-likeness (QED) is 0.218. The van der Waals surface area contributed by atoms with Crippen LogP contribution in [0.3, 0.4) is 0 Å². The highest BCUT2D eigenvalue weighted by Gasteiger charge is 2.25. The molecule has 0 fully saturated rings. The van der Waals surface area contributed by atoms with Crippen molar-refractivity contribution in [3.05, 3.63) is 12.7 Å². The molecule has 0 spiro atoms. The summed E-state index contributed by atoms with van der Waals surface area (Å²) < 4.78 is 35.8. The van der Waals surface area contributed by atoms with E-state index < -0.39 is 12.6 Å². The normalized spacial score (nSPS) is 11.8. The molecule has 0 bridgehead atoms. The van der Waals surface area contributed by atoms with Gasteiger partial charge >= 0.3 is 6.18 Å². The average Bonchev–Trinajstić information content (AvgIpc) is 2.32. The van der Waals surface area contributed by atoms with Gasteiger partial charge in [-0.25, -0.2) is 0 Å². The lowest BCUT2D eigenvalue weighted by Gasteiger charge is -2.21. The summed E-state index contributed by atoms with van der Waals surface area (Å²) >= 11 is 0. The summed E-state index contributed by atoms with van der Waals surface area (Å²) in [5.41, 5.74) is 0. The van der Waals surface area contributed by atoms with Gasteiger partial charge in [0.2, 0.25) is 0 Å². The van der Waals surface area contributed by atoms with Crippen LogP contribution < -0.4 is 5.32 Å². The van der Waals surface area contributed by atoms with E-state index in [1.807, 2.05) is 18.0 Å². The minimum absolute atomic E-state index is 0. The van der Waals surface area contributed by atoms with Crippen molar-refractivity contribution in [2.75, 3.05) is 27.2 Å². The van der Waals surface area contributed by atoms with Crippen molar-refractivity contribution in [2.24, 2.45) is 4.99 Å². The third-order valence-corrected chi connectivity index (χ3v) is 2.65. The van der Waals surface area contributed by atoms with Crippen molar-refractivity contribution < 1.29 is 13.2 Å². The molecule has 0 heterocycles. The third kappa shape index (κ3) is 12.6. The molecule has 0 aromatic carbocycles. The van der Waals surface area contributed by atoms with Crippen molar-refractivity contribution in [3.8, 4) is 0 Å². The topological polar surface area (TPSA) is 27.6 Å². The summed E-state index contributed by atoms with van der Waals surface area (Å²) in [5.74, 6) is 0.719. The van der Waals surface area contributed by atoms with Crippen LogP contribution in [0.5, 0.6) is 0 Å². The molecule has 0 aliphatic carbocycles. The molecule has 0 radical (unpaired) electrons. The van der Waals surface area contributed by atoms with E-state index in [0.717, 1.165) is 25.3 Å². The lowest BCUT2D eigenvalue weighted by molar-refractivity contribution is -0.135. The molecule has 7 heteroatoms. The third-order valence-electron chi connectivity index (χ3n) is 2.65. The van der Waals surface area contributed by atoms with Crippen LogP contribution in [0.25, 0.3) is 0 Å². The number of nitrogens with one attached hydrogen (secondary N) is 1. The predicted molar refractivity (Wildman–Crippen MR) is 88.7 cm³/mol. The van der Waals surface area contributed by atoms with E-state index in [9.17, 15) is 13.2 Å². The smallest absolute Gasteiger partial charge is 0.356 e. The maximum atomic E-state index is 11.9. The second-order valence-electron chi connectivity index (χ2n) is 4.40. The van der Waals surface area contributed by atoms with Gasteiger partial charge in [-0.1, -0.05) is 6.08 Å². The number of alkyl halides is 3. The van der Waals surface area contributed by atoms with Crippen LogP contribution in [0.15, 0.2) is 17.6 Å². The molecule has 0 rings (SSSR count). The number of unbranched alkanes of at least 4 members (excludes halogenated alkanes) is 2. The fraction of sp³-hybridized carbons (Fsp3) is 0.769. The molecule has 0 amide bonds. The maximum Gasteiger partial charge on any atom is 0.389 e. The first-order chi connectivity index (χ1) is 8.90. The van der Waals surface area contributed by atoms with Gasteiger partial charge in [-0.15, -0.1) is 30.6 Å². The molecule has 120 valence electrons. The van der Waals surface area contributed by atoms with Gasteiger partial charge in [-0.2, -0.15) is 13.2 Å². The van der Waals surface area contributed by atoms with Gasteiger partial charge in [0, 0.05) is 33.6 Å². The molecular weight excluding hydrogens is 382 g/mol. The van der Waals surface area contributed by atoms with E-state index in [1.165, 1.54) is 0 Å². The Labute approximate surface area is 136 Å². The predicted octanol–water partition coefficient (Wildman–Crippen LogP) is 3.81. The summed E-state index contributed by atoms with van der Waals surface area (Å²) in [6.07, 6.45) is -0.360. The number of allylic oxidation sites excluding steroid dienone is 1. The maximum absolute atomic E-state index is 11.9. The Bertz CT molecular complexity index is 281. The summed E-state index contributed by atoms with van der Waals surface area (Å²) in [7, 11) is 3.58. The van der Waals surface area contributed by atoms with Gasteiger partial charge in [0.25, 0.3) is 0 Å². The van der Waals surface area contributed by atoms with E-state index in [0.29, 0.717) is 13.0 Å². The van der Waals surface area contributed by atoms with Crippen molar-refractivity contribution in [1.82, 2.24) is 10.2 Å². The number of nitrogens with zero attached hydrogens (tertiary/aromatic N) is 2. The molecular formula is C13H25F3IN3. The van der Waals surface area contributed by atoms with Gasteiger partial charge < -0.3 is 10.2 Å². The number of hydrogen-bond donors (Lipinski definition) is 1. The average molecular weight is 407 g/mol. The minimum Gasteiger partial charge on any atom is -0.356 e. The van der Waals surface area contributed by atoms with Crippen molar-refractivity contribution in [2.45, 2.75) is 38.3 Å². The molecule has 0 unspecified atom stereocenters. The monoisotopic (exact) mass is 407 g/mol. The summed E-state index contributed by atoms with van der Waals surface area (Å²) in [6, 6.07) is 0. The first-order valence-electron chi connectivity index (χ1n) is 6.50. The van der Waals surface area contributed by atoms with Crippen LogP contribution >= 0.6 is 24.0 Å². The number of aliphatic imine (C=N–C) groups is 1. The largest absolute Gasteiger partial charge is 0.389 e. The van der Waals surface area contributed by atoms with Gasteiger partial charge in [-0.05, 0) is 25.7 Å². The molecule has 0 saturated heterocycles. The van der Waals surface area contributed by atoms with Gasteiger partial charge in [0.1, 0.15) is 0 Å². The minimum atomic E-state index is -4.05. The Hall–Kier alpha value is -0.470. The van der Waals surface area contributed by atoms with Crippen LogP contribution in [0.4, 0.5) is 13.2 Å². The van der Waals surface area contributed by atoms with Crippen LogP contribution in [-0.2, 0) is 0 Å². The van der Waals surface area contributed by atoms with Crippen molar-refractivity contribution >= 4 is 29.9 Å².